The fourth-order valence-electron chi connectivity index (χ4n) is 1.43. The average Bonchev–Trinajstić information content (AvgIpc) is 2.33. The summed E-state index contributed by atoms with van der Waals surface area (Å²) in [4.78, 5) is 13.8. The van der Waals surface area contributed by atoms with E-state index in [4.69, 9.17) is 5.73 Å². The third-order valence-corrected chi connectivity index (χ3v) is 2.27. The molecule has 6 nitrogen and oxygen atoms in total. The van der Waals surface area contributed by atoms with Crippen molar-refractivity contribution in [2.75, 3.05) is 11.1 Å². The maximum Gasteiger partial charge on any atom is 0.311 e. The molecular formula is C11H8F2N4O2. The molecule has 0 unspecified atom stereocenters. The highest BCUT2D eigenvalue weighted by atomic mass is 19.1. The first-order valence-electron chi connectivity index (χ1n) is 5.10. The Balaban J connectivity index is 2.45. The number of hydrogen-bond acceptors (Lipinski definition) is 5. The zero-order valence-corrected chi connectivity index (χ0v) is 9.43. The largest absolute Gasteiger partial charge is 0.384 e. The molecule has 0 atom stereocenters. The lowest BCUT2D eigenvalue weighted by Gasteiger charge is -2.07. The van der Waals surface area contributed by atoms with E-state index in [9.17, 15) is 18.9 Å². The van der Waals surface area contributed by atoms with E-state index in [1.807, 2.05) is 0 Å². The van der Waals surface area contributed by atoms with Crippen LogP contribution in [0.5, 0.6) is 0 Å². The van der Waals surface area contributed by atoms with Crippen molar-refractivity contribution in [2.45, 2.75) is 0 Å². The van der Waals surface area contributed by atoms with E-state index in [1.165, 1.54) is 6.07 Å². The first-order chi connectivity index (χ1) is 8.97. The van der Waals surface area contributed by atoms with Gasteiger partial charge in [-0.15, -0.1) is 0 Å². The molecule has 0 saturated carbocycles. The van der Waals surface area contributed by atoms with Crippen LogP contribution in [0.1, 0.15) is 0 Å². The molecule has 19 heavy (non-hydrogen) atoms. The summed E-state index contributed by atoms with van der Waals surface area (Å²) in [6.07, 6.45) is 0. The van der Waals surface area contributed by atoms with Gasteiger partial charge in [0.15, 0.2) is 0 Å². The number of rotatable bonds is 3. The van der Waals surface area contributed by atoms with E-state index in [-0.39, 0.29) is 17.3 Å². The number of nitrogens with two attached hydrogens (primary N) is 1. The molecule has 0 saturated heterocycles. The Morgan fingerprint density at radius 3 is 2.68 bits per heavy atom. The van der Waals surface area contributed by atoms with Crippen molar-refractivity contribution in [1.82, 2.24) is 4.98 Å². The highest BCUT2D eigenvalue weighted by Crippen LogP contribution is 2.27. The highest BCUT2D eigenvalue weighted by molar-refractivity contribution is 5.67. The Labute approximate surface area is 106 Å². The number of hydrogen-bond donors (Lipinski definition) is 2. The first kappa shape index (κ1) is 12.7. The molecule has 0 radical (unpaired) electrons. The van der Waals surface area contributed by atoms with Crippen LogP contribution in [0.15, 0.2) is 30.3 Å². The van der Waals surface area contributed by atoms with Gasteiger partial charge in [-0.2, -0.15) is 0 Å². The number of benzene rings is 1. The molecule has 1 heterocycles. The molecule has 3 N–H and O–H groups in total. The fourth-order valence-corrected chi connectivity index (χ4v) is 1.43. The number of nitrogens with zero attached hydrogens (tertiary/aromatic N) is 2. The van der Waals surface area contributed by atoms with E-state index in [0.29, 0.717) is 0 Å². The van der Waals surface area contributed by atoms with Crippen LogP contribution in [-0.2, 0) is 0 Å². The van der Waals surface area contributed by atoms with E-state index < -0.39 is 22.2 Å². The van der Waals surface area contributed by atoms with Crippen LogP contribution in [0.2, 0.25) is 0 Å². The molecule has 0 bridgehead atoms. The maximum absolute atomic E-state index is 13.4. The second-order valence-electron chi connectivity index (χ2n) is 3.61. The zero-order valence-electron chi connectivity index (χ0n) is 9.43. The van der Waals surface area contributed by atoms with Gasteiger partial charge in [-0.1, -0.05) is 0 Å². The van der Waals surface area contributed by atoms with E-state index in [2.05, 4.69) is 10.3 Å². The van der Waals surface area contributed by atoms with Crippen LogP contribution in [-0.4, -0.2) is 9.91 Å². The molecule has 2 aromatic rings. The molecular weight excluding hydrogens is 258 g/mol. The molecule has 0 spiro atoms. The van der Waals surface area contributed by atoms with E-state index >= 15 is 0 Å². The third kappa shape index (κ3) is 2.73. The standard InChI is InChI=1S/C11H8F2N4O2/c12-6-1-2-7(13)8(5-6)15-11-9(17(18)19)3-4-10(14)16-11/h1-5H,(H3,14,15,16). The Morgan fingerprint density at radius 1 is 1.26 bits per heavy atom. The molecule has 98 valence electrons. The average molecular weight is 266 g/mol. The lowest BCUT2D eigenvalue weighted by atomic mass is 10.3. The van der Waals surface area contributed by atoms with Crippen molar-refractivity contribution < 1.29 is 13.7 Å². The van der Waals surface area contributed by atoms with Crippen LogP contribution >= 0.6 is 0 Å². The number of pyridine rings is 1. The van der Waals surface area contributed by atoms with Crippen LogP contribution in [0.25, 0.3) is 0 Å². The van der Waals surface area contributed by atoms with Gasteiger partial charge in [0.25, 0.3) is 0 Å². The molecule has 0 amide bonds. The van der Waals surface area contributed by atoms with Gasteiger partial charge < -0.3 is 11.1 Å². The quantitative estimate of drug-likeness (QED) is 0.657. The van der Waals surface area contributed by atoms with E-state index in [0.717, 1.165) is 24.3 Å². The first-order valence-corrected chi connectivity index (χ1v) is 5.10. The summed E-state index contributed by atoms with van der Waals surface area (Å²) < 4.78 is 26.4. The lowest BCUT2D eigenvalue weighted by Crippen LogP contribution is -2.03. The van der Waals surface area contributed by atoms with Crippen molar-refractivity contribution in [3.05, 3.63) is 52.1 Å². The summed E-state index contributed by atoms with van der Waals surface area (Å²) in [5, 5.41) is 13.1. The normalized spacial score (nSPS) is 10.2. The number of nitrogens with one attached hydrogen (secondary N) is 1. The minimum absolute atomic E-state index is 0.0184. The fraction of sp³-hybridized carbons (Fsp3) is 0. The molecule has 2 rings (SSSR count). The SMILES string of the molecule is Nc1ccc([N+](=O)[O-])c(Nc2cc(F)ccc2F)n1. The number of halogens is 2. The Bertz CT molecular complexity index is 649. The van der Waals surface area contributed by atoms with Crippen molar-refractivity contribution in [2.24, 2.45) is 0 Å². The van der Waals surface area contributed by atoms with Gasteiger partial charge in [-0.25, -0.2) is 13.8 Å². The molecule has 1 aromatic heterocycles. The van der Waals surface area contributed by atoms with Gasteiger partial charge in [0, 0.05) is 12.1 Å². The number of nitro groups is 1. The minimum atomic E-state index is -0.764. The van der Waals surface area contributed by atoms with Crippen molar-refractivity contribution in [3.8, 4) is 0 Å². The summed E-state index contributed by atoms with van der Waals surface area (Å²) in [6.45, 7) is 0. The summed E-state index contributed by atoms with van der Waals surface area (Å²) >= 11 is 0. The van der Waals surface area contributed by atoms with Crippen molar-refractivity contribution >= 4 is 23.0 Å². The number of nitrogen functional groups attached to an aromatic ring is 1. The lowest BCUT2D eigenvalue weighted by molar-refractivity contribution is -0.384. The van der Waals surface area contributed by atoms with Gasteiger partial charge in [0.05, 0.1) is 10.6 Å². The van der Waals surface area contributed by atoms with Crippen LogP contribution in [0, 0.1) is 21.7 Å². The van der Waals surface area contributed by atoms with Gasteiger partial charge in [0.1, 0.15) is 17.5 Å². The maximum atomic E-state index is 13.4. The minimum Gasteiger partial charge on any atom is -0.384 e. The van der Waals surface area contributed by atoms with Gasteiger partial charge in [-0.05, 0) is 18.2 Å². The van der Waals surface area contributed by atoms with Gasteiger partial charge in [0.2, 0.25) is 5.82 Å². The topological polar surface area (TPSA) is 94.1 Å². The van der Waals surface area contributed by atoms with E-state index in [1.54, 1.807) is 0 Å². The third-order valence-electron chi connectivity index (χ3n) is 2.27. The summed E-state index contributed by atoms with van der Waals surface area (Å²) in [7, 11) is 0. The monoisotopic (exact) mass is 266 g/mol. The Morgan fingerprint density at radius 2 is 2.00 bits per heavy atom. The summed E-state index contributed by atoms with van der Waals surface area (Å²) in [5.74, 6) is -1.69. The summed E-state index contributed by atoms with van der Waals surface area (Å²) in [6, 6.07) is 5.06. The molecule has 0 aliphatic carbocycles. The van der Waals surface area contributed by atoms with Gasteiger partial charge >= 0.3 is 5.69 Å². The predicted molar refractivity (Wildman–Crippen MR) is 64.9 cm³/mol. The number of aromatic nitrogens is 1. The molecule has 0 fully saturated rings. The van der Waals surface area contributed by atoms with Crippen molar-refractivity contribution in [3.63, 3.8) is 0 Å². The van der Waals surface area contributed by atoms with Crippen molar-refractivity contribution in [1.29, 1.82) is 0 Å². The Hall–Kier alpha value is -2.77. The number of anilines is 3. The molecule has 1 aromatic carbocycles. The predicted octanol–water partition coefficient (Wildman–Crippen LogP) is 2.59. The zero-order chi connectivity index (χ0) is 14.0. The molecule has 0 aliphatic rings. The summed E-state index contributed by atoms with van der Waals surface area (Å²) in [5.41, 5.74) is 4.75. The second kappa shape index (κ2) is 4.84. The second-order valence-corrected chi connectivity index (χ2v) is 3.61. The highest BCUT2D eigenvalue weighted by Gasteiger charge is 2.17. The smallest absolute Gasteiger partial charge is 0.311 e. The van der Waals surface area contributed by atoms with Crippen LogP contribution in [0.3, 0.4) is 0 Å². The van der Waals surface area contributed by atoms with Gasteiger partial charge in [-0.3, -0.25) is 10.1 Å². The molecule has 0 aliphatic heterocycles. The van der Waals surface area contributed by atoms with Crippen LogP contribution in [0.4, 0.5) is 31.8 Å². The van der Waals surface area contributed by atoms with Crippen LogP contribution < -0.4 is 11.1 Å². The molecule has 8 heteroatoms. The Kier molecular flexibility index (Phi) is 3.23.